The Morgan fingerprint density at radius 2 is 2.21 bits per heavy atom. The van der Waals surface area contributed by atoms with Crippen molar-refractivity contribution in [2.24, 2.45) is 0 Å². The maximum Gasteiger partial charge on any atom is 0.273 e. The molecule has 1 N–H and O–H groups in total. The van der Waals surface area contributed by atoms with Crippen LogP contribution in [-0.4, -0.2) is 51.7 Å². The van der Waals surface area contributed by atoms with Crippen molar-refractivity contribution in [3.8, 4) is 5.82 Å². The smallest absolute Gasteiger partial charge is 0.273 e. The molecule has 0 unspecified atom stereocenters. The Balaban J connectivity index is 2.40. The lowest BCUT2D eigenvalue weighted by molar-refractivity contribution is 0.0821. The van der Waals surface area contributed by atoms with Crippen LogP contribution in [0.3, 0.4) is 0 Å². The number of carbonyl (C=O) groups excluding carboxylic acids is 1. The molecule has 2 aromatic rings. The molecule has 0 atom stereocenters. The molecule has 2 rings (SSSR count). The van der Waals surface area contributed by atoms with Gasteiger partial charge in [-0.05, 0) is 6.07 Å². The van der Waals surface area contributed by atoms with E-state index in [1.807, 2.05) is 0 Å². The van der Waals surface area contributed by atoms with Gasteiger partial charge in [-0.2, -0.15) is 10.1 Å². The molecule has 0 aliphatic carbocycles. The molecular weight excluding hydrogens is 251 g/mol. The summed E-state index contributed by atoms with van der Waals surface area (Å²) < 4.78 is 14.9. The molecule has 0 aliphatic heterocycles. The van der Waals surface area contributed by atoms with Crippen LogP contribution in [0.4, 0.5) is 10.3 Å². The number of nitrogens with zero attached hydrogens (tertiary/aromatic N) is 5. The molecular formula is C11H13FN6O. The normalized spacial score (nSPS) is 10.3. The second-order valence-electron chi connectivity index (χ2n) is 3.96. The van der Waals surface area contributed by atoms with Gasteiger partial charge in [0.25, 0.3) is 5.91 Å². The van der Waals surface area contributed by atoms with Crippen molar-refractivity contribution in [3.63, 3.8) is 0 Å². The molecule has 1 amide bonds. The first-order valence-corrected chi connectivity index (χ1v) is 5.51. The van der Waals surface area contributed by atoms with E-state index in [1.54, 1.807) is 21.1 Å². The fourth-order valence-electron chi connectivity index (χ4n) is 1.42. The molecule has 0 saturated heterocycles. The molecule has 8 heteroatoms. The molecule has 0 aromatic carbocycles. The van der Waals surface area contributed by atoms with Gasteiger partial charge in [-0.15, -0.1) is 0 Å². The van der Waals surface area contributed by atoms with Crippen molar-refractivity contribution in [2.75, 3.05) is 26.5 Å². The molecule has 7 nitrogen and oxygen atoms in total. The standard InChI is InChI=1S/C11H13FN6O/c1-13-11-14-6-7(12)9(15-11)18-5-4-8(16-18)10(19)17(2)3/h4-6H,1-3H3,(H,13,14,15). The summed E-state index contributed by atoms with van der Waals surface area (Å²) in [5.41, 5.74) is 0.217. The average Bonchev–Trinajstić information content (AvgIpc) is 2.87. The van der Waals surface area contributed by atoms with Crippen molar-refractivity contribution >= 4 is 11.9 Å². The monoisotopic (exact) mass is 264 g/mol. The van der Waals surface area contributed by atoms with E-state index >= 15 is 0 Å². The van der Waals surface area contributed by atoms with Crippen molar-refractivity contribution in [1.82, 2.24) is 24.6 Å². The lowest BCUT2D eigenvalue weighted by atomic mass is 10.4. The zero-order chi connectivity index (χ0) is 14.0. The van der Waals surface area contributed by atoms with Gasteiger partial charge in [0.05, 0.1) is 6.20 Å². The van der Waals surface area contributed by atoms with Gasteiger partial charge in [-0.25, -0.2) is 14.1 Å². The van der Waals surface area contributed by atoms with Crippen LogP contribution in [0, 0.1) is 5.82 Å². The molecule has 2 aromatic heterocycles. The van der Waals surface area contributed by atoms with Crippen molar-refractivity contribution < 1.29 is 9.18 Å². The average molecular weight is 264 g/mol. The number of aromatic nitrogens is 4. The van der Waals surface area contributed by atoms with Crippen molar-refractivity contribution in [1.29, 1.82) is 0 Å². The van der Waals surface area contributed by atoms with Gasteiger partial charge in [-0.3, -0.25) is 4.79 Å². The summed E-state index contributed by atoms with van der Waals surface area (Å²) >= 11 is 0. The highest BCUT2D eigenvalue weighted by molar-refractivity contribution is 5.91. The molecule has 19 heavy (non-hydrogen) atoms. The second kappa shape index (κ2) is 5.01. The summed E-state index contributed by atoms with van der Waals surface area (Å²) in [4.78, 5) is 20.8. The lowest BCUT2D eigenvalue weighted by Gasteiger charge is -2.07. The maximum atomic E-state index is 13.7. The third kappa shape index (κ3) is 2.51. The molecule has 0 fully saturated rings. The largest absolute Gasteiger partial charge is 0.357 e. The summed E-state index contributed by atoms with van der Waals surface area (Å²) in [5, 5.41) is 6.71. The highest BCUT2D eigenvalue weighted by Crippen LogP contribution is 2.11. The van der Waals surface area contributed by atoms with E-state index in [0.29, 0.717) is 0 Å². The molecule has 0 bridgehead atoms. The Hall–Kier alpha value is -2.51. The first-order chi connectivity index (χ1) is 9.02. The van der Waals surface area contributed by atoms with E-state index < -0.39 is 5.82 Å². The number of nitrogens with one attached hydrogen (secondary N) is 1. The topological polar surface area (TPSA) is 75.9 Å². The highest BCUT2D eigenvalue weighted by Gasteiger charge is 2.15. The van der Waals surface area contributed by atoms with Crippen LogP contribution in [0.1, 0.15) is 10.5 Å². The quantitative estimate of drug-likeness (QED) is 0.876. The van der Waals surface area contributed by atoms with Crippen LogP contribution in [0.25, 0.3) is 5.82 Å². The van der Waals surface area contributed by atoms with Crippen LogP contribution in [0.15, 0.2) is 18.5 Å². The number of hydrogen-bond donors (Lipinski definition) is 1. The molecule has 0 saturated carbocycles. The molecule has 0 aliphatic rings. The zero-order valence-corrected chi connectivity index (χ0v) is 10.8. The van der Waals surface area contributed by atoms with Gasteiger partial charge in [0.2, 0.25) is 5.95 Å². The van der Waals surface area contributed by atoms with Crippen LogP contribution in [0.5, 0.6) is 0 Å². The van der Waals surface area contributed by atoms with Gasteiger partial charge < -0.3 is 10.2 Å². The van der Waals surface area contributed by atoms with Crippen LogP contribution in [0.2, 0.25) is 0 Å². The second-order valence-corrected chi connectivity index (χ2v) is 3.96. The fraction of sp³-hybridized carbons (Fsp3) is 0.273. The minimum absolute atomic E-state index is 0.0165. The SMILES string of the molecule is CNc1ncc(F)c(-n2ccc(C(=O)N(C)C)n2)n1. The molecule has 0 radical (unpaired) electrons. The summed E-state index contributed by atoms with van der Waals surface area (Å²) in [6.45, 7) is 0. The number of anilines is 1. The van der Waals surface area contributed by atoms with E-state index in [2.05, 4.69) is 20.4 Å². The summed E-state index contributed by atoms with van der Waals surface area (Å²) in [5.74, 6) is -0.627. The summed E-state index contributed by atoms with van der Waals surface area (Å²) in [7, 11) is 4.86. The Kier molecular flexibility index (Phi) is 3.41. The molecule has 0 spiro atoms. The van der Waals surface area contributed by atoms with Gasteiger partial charge in [0.1, 0.15) is 0 Å². The van der Waals surface area contributed by atoms with E-state index in [1.165, 1.54) is 21.8 Å². The first kappa shape index (κ1) is 12.9. The number of amides is 1. The van der Waals surface area contributed by atoms with E-state index in [4.69, 9.17) is 0 Å². The predicted octanol–water partition coefficient (Wildman–Crippen LogP) is 0.545. The Morgan fingerprint density at radius 3 is 2.84 bits per heavy atom. The van der Waals surface area contributed by atoms with Crippen LogP contribution < -0.4 is 5.32 Å². The van der Waals surface area contributed by atoms with E-state index in [9.17, 15) is 9.18 Å². The van der Waals surface area contributed by atoms with Crippen molar-refractivity contribution in [2.45, 2.75) is 0 Å². The third-order valence-corrected chi connectivity index (χ3v) is 2.38. The molecule has 2 heterocycles. The number of rotatable bonds is 3. The Morgan fingerprint density at radius 1 is 1.47 bits per heavy atom. The van der Waals surface area contributed by atoms with Gasteiger partial charge >= 0.3 is 0 Å². The third-order valence-electron chi connectivity index (χ3n) is 2.38. The molecule has 100 valence electrons. The minimum Gasteiger partial charge on any atom is -0.357 e. The number of halogens is 1. The summed E-state index contributed by atoms with van der Waals surface area (Å²) in [6, 6.07) is 1.50. The van der Waals surface area contributed by atoms with E-state index in [-0.39, 0.29) is 23.4 Å². The predicted molar refractivity (Wildman–Crippen MR) is 66.7 cm³/mol. The van der Waals surface area contributed by atoms with Gasteiger partial charge in [0.15, 0.2) is 17.3 Å². The Labute approximate surface area is 109 Å². The minimum atomic E-state index is -0.619. The number of hydrogen-bond acceptors (Lipinski definition) is 5. The lowest BCUT2D eigenvalue weighted by Crippen LogP contribution is -2.22. The number of carbonyl (C=O) groups is 1. The highest BCUT2D eigenvalue weighted by atomic mass is 19.1. The first-order valence-electron chi connectivity index (χ1n) is 5.51. The van der Waals surface area contributed by atoms with Gasteiger partial charge in [-0.1, -0.05) is 0 Å². The zero-order valence-electron chi connectivity index (χ0n) is 10.8. The van der Waals surface area contributed by atoms with E-state index in [0.717, 1.165) is 6.20 Å². The van der Waals surface area contributed by atoms with Gasteiger partial charge in [0, 0.05) is 27.3 Å². The summed E-state index contributed by atoms with van der Waals surface area (Å²) in [6.07, 6.45) is 2.52. The fourth-order valence-corrected chi connectivity index (χ4v) is 1.42. The van der Waals surface area contributed by atoms with Crippen molar-refractivity contribution in [3.05, 3.63) is 30.0 Å². The maximum absolute atomic E-state index is 13.7. The Bertz CT molecular complexity index is 609. The van der Waals surface area contributed by atoms with Crippen LogP contribution in [-0.2, 0) is 0 Å². The van der Waals surface area contributed by atoms with Crippen LogP contribution >= 0.6 is 0 Å².